The fraction of sp³-hybridized carbons (Fsp3) is 0.300. The van der Waals surface area contributed by atoms with Gasteiger partial charge < -0.3 is 4.90 Å². The van der Waals surface area contributed by atoms with Crippen molar-refractivity contribution in [3.05, 3.63) is 59.9 Å². The van der Waals surface area contributed by atoms with Crippen LogP contribution in [0.3, 0.4) is 0 Å². The zero-order valence-corrected chi connectivity index (χ0v) is 16.7. The predicted octanol–water partition coefficient (Wildman–Crippen LogP) is 2.05. The van der Waals surface area contributed by atoms with Crippen LogP contribution in [0.1, 0.15) is 16.2 Å². The van der Waals surface area contributed by atoms with E-state index in [2.05, 4.69) is 9.55 Å². The Balaban J connectivity index is 1.60. The molecular weight excluding hydrogens is 376 g/mol. The number of aryl methyl sites for hydroxylation is 1. The summed E-state index contributed by atoms with van der Waals surface area (Å²) >= 11 is 0. The van der Waals surface area contributed by atoms with Gasteiger partial charge in [-0.25, -0.2) is 13.4 Å². The molecule has 1 aliphatic rings. The number of carbonyl (C=O) groups is 1. The van der Waals surface area contributed by atoms with E-state index >= 15 is 0 Å². The van der Waals surface area contributed by atoms with Crippen LogP contribution in [0.5, 0.6) is 0 Å². The van der Waals surface area contributed by atoms with Crippen LogP contribution >= 0.6 is 0 Å². The lowest BCUT2D eigenvalue weighted by Crippen LogP contribution is -2.50. The second-order valence-corrected chi connectivity index (χ2v) is 8.97. The molecule has 146 valence electrons. The fourth-order valence-corrected chi connectivity index (χ4v) is 4.47. The van der Waals surface area contributed by atoms with Crippen LogP contribution in [0.2, 0.25) is 0 Å². The van der Waals surface area contributed by atoms with E-state index in [1.807, 2.05) is 55.5 Å². The molecule has 1 aromatic heterocycles. The highest BCUT2D eigenvalue weighted by atomic mass is 32.2. The number of carbonyl (C=O) groups excluding carboxylic acids is 1. The highest BCUT2D eigenvalue weighted by Gasteiger charge is 2.27. The summed E-state index contributed by atoms with van der Waals surface area (Å²) in [5.74, 6) is 0.759. The van der Waals surface area contributed by atoms with Crippen molar-refractivity contribution in [2.75, 3.05) is 32.4 Å². The Labute approximate surface area is 164 Å². The molecule has 28 heavy (non-hydrogen) atoms. The molecule has 0 N–H and O–H groups in total. The summed E-state index contributed by atoms with van der Waals surface area (Å²) in [6.07, 6.45) is 1.20. The SMILES string of the molecule is Cc1nc2cc(C(=O)N3CCN(S(C)(=O)=O)CC3)ccc2n1-c1ccccc1. The number of amides is 1. The minimum atomic E-state index is -3.21. The van der Waals surface area contributed by atoms with E-state index in [4.69, 9.17) is 0 Å². The van der Waals surface area contributed by atoms with Crippen LogP contribution in [-0.2, 0) is 10.0 Å². The Bertz CT molecular complexity index is 1130. The molecule has 0 saturated carbocycles. The van der Waals surface area contributed by atoms with Gasteiger partial charge in [-0.15, -0.1) is 0 Å². The Kier molecular flexibility index (Phi) is 4.68. The lowest BCUT2D eigenvalue weighted by molar-refractivity contribution is 0.0698. The molecule has 2 heterocycles. The normalized spacial score (nSPS) is 15.9. The van der Waals surface area contributed by atoms with Crippen LogP contribution < -0.4 is 0 Å². The van der Waals surface area contributed by atoms with Gasteiger partial charge in [-0.05, 0) is 37.3 Å². The van der Waals surface area contributed by atoms with Crippen molar-refractivity contribution in [1.29, 1.82) is 0 Å². The fourth-order valence-electron chi connectivity index (χ4n) is 3.64. The first-order valence-electron chi connectivity index (χ1n) is 9.13. The summed E-state index contributed by atoms with van der Waals surface area (Å²) in [6.45, 7) is 3.38. The third-order valence-electron chi connectivity index (χ3n) is 5.08. The average Bonchev–Trinajstić information content (AvgIpc) is 3.02. The lowest BCUT2D eigenvalue weighted by atomic mass is 10.1. The number of imidazole rings is 1. The van der Waals surface area contributed by atoms with E-state index in [9.17, 15) is 13.2 Å². The maximum Gasteiger partial charge on any atom is 0.254 e. The molecule has 1 saturated heterocycles. The lowest BCUT2D eigenvalue weighted by Gasteiger charge is -2.33. The minimum absolute atomic E-state index is 0.0954. The Morgan fingerprint density at radius 1 is 1.00 bits per heavy atom. The first-order chi connectivity index (χ1) is 13.3. The molecule has 1 amide bonds. The summed E-state index contributed by atoms with van der Waals surface area (Å²) in [7, 11) is -3.21. The molecule has 0 unspecified atom stereocenters. The standard InChI is InChI=1S/C20H22N4O3S/c1-15-21-18-14-16(8-9-19(18)24(15)17-6-4-3-5-7-17)20(25)22-10-12-23(13-11-22)28(2,26)27/h3-9,14H,10-13H2,1-2H3. The van der Waals surface area contributed by atoms with Gasteiger partial charge in [0.15, 0.2) is 0 Å². The first kappa shape index (κ1) is 18.6. The van der Waals surface area contributed by atoms with Gasteiger partial charge in [0.1, 0.15) is 5.82 Å². The summed E-state index contributed by atoms with van der Waals surface area (Å²) in [6, 6.07) is 15.5. The van der Waals surface area contributed by atoms with Crippen LogP contribution in [0.25, 0.3) is 16.7 Å². The van der Waals surface area contributed by atoms with Crippen molar-refractivity contribution in [1.82, 2.24) is 18.8 Å². The number of hydrogen-bond acceptors (Lipinski definition) is 4. The highest BCUT2D eigenvalue weighted by Crippen LogP contribution is 2.23. The molecule has 0 bridgehead atoms. The molecule has 0 aliphatic carbocycles. The van der Waals surface area contributed by atoms with E-state index in [1.54, 1.807) is 4.90 Å². The van der Waals surface area contributed by atoms with Gasteiger partial charge in [0.2, 0.25) is 10.0 Å². The van der Waals surface area contributed by atoms with Gasteiger partial charge >= 0.3 is 0 Å². The predicted molar refractivity (Wildman–Crippen MR) is 108 cm³/mol. The molecular formula is C20H22N4O3S. The van der Waals surface area contributed by atoms with Gasteiger partial charge in [-0.1, -0.05) is 18.2 Å². The zero-order chi connectivity index (χ0) is 19.9. The number of fused-ring (bicyclic) bond motifs is 1. The van der Waals surface area contributed by atoms with Gasteiger partial charge in [0, 0.05) is 37.4 Å². The number of hydrogen-bond donors (Lipinski definition) is 0. The van der Waals surface area contributed by atoms with E-state index in [0.717, 1.165) is 22.5 Å². The average molecular weight is 398 g/mol. The van der Waals surface area contributed by atoms with Crippen molar-refractivity contribution in [2.24, 2.45) is 0 Å². The quantitative estimate of drug-likeness (QED) is 0.677. The van der Waals surface area contributed by atoms with Gasteiger partial charge in [0.25, 0.3) is 5.91 Å². The smallest absolute Gasteiger partial charge is 0.254 e. The first-order valence-corrected chi connectivity index (χ1v) is 11.0. The van der Waals surface area contributed by atoms with Crippen molar-refractivity contribution in [3.63, 3.8) is 0 Å². The number of sulfonamides is 1. The van der Waals surface area contributed by atoms with E-state index in [0.29, 0.717) is 31.7 Å². The molecule has 8 heteroatoms. The maximum absolute atomic E-state index is 12.9. The molecule has 0 atom stereocenters. The third kappa shape index (κ3) is 3.41. The molecule has 4 rings (SSSR count). The molecule has 3 aromatic rings. The number of aromatic nitrogens is 2. The third-order valence-corrected chi connectivity index (χ3v) is 6.38. The number of nitrogens with zero attached hydrogens (tertiary/aromatic N) is 4. The van der Waals surface area contributed by atoms with Crippen LogP contribution in [-0.4, -0.2) is 65.5 Å². The van der Waals surface area contributed by atoms with E-state index < -0.39 is 10.0 Å². The van der Waals surface area contributed by atoms with Crippen molar-refractivity contribution < 1.29 is 13.2 Å². The number of piperazine rings is 1. The second kappa shape index (κ2) is 7.03. The van der Waals surface area contributed by atoms with Crippen LogP contribution in [0, 0.1) is 6.92 Å². The van der Waals surface area contributed by atoms with Gasteiger partial charge in [0.05, 0.1) is 17.3 Å². The second-order valence-electron chi connectivity index (χ2n) is 6.99. The number of para-hydroxylation sites is 1. The maximum atomic E-state index is 12.9. The summed E-state index contributed by atoms with van der Waals surface area (Å²) in [5.41, 5.74) is 3.31. The largest absolute Gasteiger partial charge is 0.336 e. The molecule has 0 radical (unpaired) electrons. The number of benzene rings is 2. The van der Waals surface area contributed by atoms with Crippen molar-refractivity contribution in [3.8, 4) is 5.69 Å². The Morgan fingerprint density at radius 2 is 1.68 bits per heavy atom. The summed E-state index contributed by atoms with van der Waals surface area (Å²) < 4.78 is 26.8. The molecule has 1 aliphatic heterocycles. The molecule has 7 nitrogen and oxygen atoms in total. The molecule has 1 fully saturated rings. The summed E-state index contributed by atoms with van der Waals surface area (Å²) in [5, 5.41) is 0. The minimum Gasteiger partial charge on any atom is -0.336 e. The van der Waals surface area contributed by atoms with Crippen molar-refractivity contribution >= 4 is 27.0 Å². The topological polar surface area (TPSA) is 75.5 Å². The van der Waals surface area contributed by atoms with Crippen LogP contribution in [0.4, 0.5) is 0 Å². The van der Waals surface area contributed by atoms with Crippen LogP contribution in [0.15, 0.2) is 48.5 Å². The van der Waals surface area contributed by atoms with Gasteiger partial charge in [-0.3, -0.25) is 9.36 Å². The monoisotopic (exact) mass is 398 g/mol. The zero-order valence-electron chi connectivity index (χ0n) is 15.9. The summed E-state index contributed by atoms with van der Waals surface area (Å²) in [4.78, 5) is 19.2. The van der Waals surface area contributed by atoms with Gasteiger partial charge in [-0.2, -0.15) is 4.31 Å². The molecule has 2 aromatic carbocycles. The Morgan fingerprint density at radius 3 is 2.32 bits per heavy atom. The highest BCUT2D eigenvalue weighted by molar-refractivity contribution is 7.88. The van der Waals surface area contributed by atoms with E-state index in [1.165, 1.54) is 10.6 Å². The number of rotatable bonds is 3. The Hall–Kier alpha value is -2.71. The van der Waals surface area contributed by atoms with E-state index in [-0.39, 0.29) is 5.91 Å². The molecule has 0 spiro atoms. The van der Waals surface area contributed by atoms with Crippen molar-refractivity contribution in [2.45, 2.75) is 6.92 Å².